The maximum absolute atomic E-state index is 6.06. The zero-order valence-corrected chi connectivity index (χ0v) is 11.5. The van der Waals surface area contributed by atoms with Crippen LogP contribution in [-0.2, 0) is 13.6 Å². The van der Waals surface area contributed by atoms with Crippen LogP contribution in [0.2, 0.25) is 5.02 Å². The number of nitrogens with one attached hydrogen (secondary N) is 1. The van der Waals surface area contributed by atoms with Gasteiger partial charge in [0.2, 0.25) is 0 Å². The van der Waals surface area contributed by atoms with E-state index in [2.05, 4.69) is 10.4 Å². The maximum atomic E-state index is 6.06. The highest BCUT2D eigenvalue weighted by Crippen LogP contribution is 2.34. The van der Waals surface area contributed by atoms with Crippen LogP contribution in [-0.4, -0.2) is 23.9 Å². The fraction of sp³-hybridized carbons (Fsp3) is 0.308. The number of methoxy groups -OCH3 is 1. The van der Waals surface area contributed by atoms with Gasteiger partial charge in [-0.3, -0.25) is 4.68 Å². The summed E-state index contributed by atoms with van der Waals surface area (Å²) in [5.41, 5.74) is 3.09. The Labute approximate surface area is 112 Å². The molecule has 0 amide bonds. The minimum atomic E-state index is 0.685. The number of hydrogen-bond donors (Lipinski definition) is 1. The summed E-state index contributed by atoms with van der Waals surface area (Å²) in [4.78, 5) is 0. The quantitative estimate of drug-likeness (QED) is 0.923. The van der Waals surface area contributed by atoms with E-state index < -0.39 is 0 Å². The fourth-order valence-electron chi connectivity index (χ4n) is 1.96. The maximum Gasteiger partial charge on any atom is 0.126 e. The zero-order valence-electron chi connectivity index (χ0n) is 10.7. The van der Waals surface area contributed by atoms with E-state index in [1.807, 2.05) is 43.2 Å². The highest BCUT2D eigenvalue weighted by atomic mass is 35.5. The Hall–Kier alpha value is -1.52. The number of rotatable bonds is 4. The first-order valence-electron chi connectivity index (χ1n) is 5.66. The van der Waals surface area contributed by atoms with E-state index >= 15 is 0 Å². The smallest absolute Gasteiger partial charge is 0.126 e. The van der Waals surface area contributed by atoms with Crippen molar-refractivity contribution in [2.24, 2.45) is 7.05 Å². The van der Waals surface area contributed by atoms with Gasteiger partial charge in [-0.25, -0.2) is 0 Å². The highest BCUT2D eigenvalue weighted by Gasteiger charge is 2.14. The van der Waals surface area contributed by atoms with Gasteiger partial charge in [0.15, 0.2) is 0 Å². The zero-order chi connectivity index (χ0) is 13.1. The second-order valence-corrected chi connectivity index (χ2v) is 4.44. The van der Waals surface area contributed by atoms with Crippen LogP contribution in [0, 0.1) is 0 Å². The molecule has 0 atom stereocenters. The van der Waals surface area contributed by atoms with E-state index in [0.717, 1.165) is 29.1 Å². The van der Waals surface area contributed by atoms with Gasteiger partial charge >= 0.3 is 0 Å². The summed E-state index contributed by atoms with van der Waals surface area (Å²) in [6, 6.07) is 5.59. The SMILES string of the molecule is CNCc1c(-c2cc(Cl)ccc2OC)cnn1C. The molecular weight excluding hydrogens is 250 g/mol. The molecule has 0 aliphatic heterocycles. The summed E-state index contributed by atoms with van der Waals surface area (Å²) >= 11 is 6.06. The van der Waals surface area contributed by atoms with Crippen LogP contribution >= 0.6 is 11.6 Å². The number of ether oxygens (including phenoxy) is 1. The summed E-state index contributed by atoms with van der Waals surface area (Å²) < 4.78 is 7.23. The molecular formula is C13H16ClN3O. The van der Waals surface area contributed by atoms with Gasteiger partial charge in [0.25, 0.3) is 0 Å². The molecule has 0 aliphatic rings. The van der Waals surface area contributed by atoms with Crippen LogP contribution in [0.25, 0.3) is 11.1 Å². The van der Waals surface area contributed by atoms with Crippen molar-refractivity contribution in [2.75, 3.05) is 14.2 Å². The molecule has 2 rings (SSSR count). The van der Waals surface area contributed by atoms with Gasteiger partial charge in [0.05, 0.1) is 19.0 Å². The number of benzene rings is 1. The van der Waals surface area contributed by atoms with E-state index in [-0.39, 0.29) is 0 Å². The van der Waals surface area contributed by atoms with E-state index in [0.29, 0.717) is 5.02 Å². The number of nitrogens with zero attached hydrogens (tertiary/aromatic N) is 2. The molecule has 2 aromatic rings. The summed E-state index contributed by atoms with van der Waals surface area (Å²) in [7, 11) is 5.49. The minimum Gasteiger partial charge on any atom is -0.496 e. The average Bonchev–Trinajstić information content (AvgIpc) is 2.72. The largest absolute Gasteiger partial charge is 0.496 e. The Morgan fingerprint density at radius 3 is 2.83 bits per heavy atom. The van der Waals surface area contributed by atoms with Crippen LogP contribution < -0.4 is 10.1 Å². The van der Waals surface area contributed by atoms with E-state index in [4.69, 9.17) is 16.3 Å². The van der Waals surface area contributed by atoms with Gasteiger partial charge in [0, 0.05) is 29.7 Å². The Balaban J connectivity index is 2.57. The van der Waals surface area contributed by atoms with Crippen LogP contribution in [0.3, 0.4) is 0 Å². The fourth-order valence-corrected chi connectivity index (χ4v) is 2.13. The molecule has 0 saturated carbocycles. The first kappa shape index (κ1) is 12.9. The standard InChI is InChI=1S/C13H16ClN3O/c1-15-8-12-11(7-16-17(12)2)10-6-9(14)4-5-13(10)18-3/h4-7,15H,8H2,1-3H3. The molecule has 0 aliphatic carbocycles. The number of halogens is 1. The Morgan fingerprint density at radius 2 is 2.17 bits per heavy atom. The van der Waals surface area contributed by atoms with Gasteiger partial charge < -0.3 is 10.1 Å². The van der Waals surface area contributed by atoms with Crippen LogP contribution in [0.4, 0.5) is 0 Å². The van der Waals surface area contributed by atoms with Crippen molar-refractivity contribution in [3.8, 4) is 16.9 Å². The Kier molecular flexibility index (Phi) is 3.89. The lowest BCUT2D eigenvalue weighted by Gasteiger charge is -2.10. The molecule has 5 heteroatoms. The highest BCUT2D eigenvalue weighted by molar-refractivity contribution is 6.31. The predicted molar refractivity (Wildman–Crippen MR) is 73.0 cm³/mol. The van der Waals surface area contributed by atoms with E-state index in [1.54, 1.807) is 7.11 Å². The average molecular weight is 266 g/mol. The van der Waals surface area contributed by atoms with Gasteiger partial charge in [-0.2, -0.15) is 5.10 Å². The lowest BCUT2D eigenvalue weighted by atomic mass is 10.1. The summed E-state index contributed by atoms with van der Waals surface area (Å²) in [6.45, 7) is 0.738. The second kappa shape index (κ2) is 5.42. The normalized spacial score (nSPS) is 10.7. The third kappa shape index (κ3) is 2.35. The van der Waals surface area contributed by atoms with Crippen molar-refractivity contribution in [3.05, 3.63) is 35.1 Å². The molecule has 18 heavy (non-hydrogen) atoms. The van der Waals surface area contributed by atoms with Crippen molar-refractivity contribution in [1.29, 1.82) is 0 Å². The van der Waals surface area contributed by atoms with Gasteiger partial charge in [-0.1, -0.05) is 11.6 Å². The van der Waals surface area contributed by atoms with Gasteiger partial charge in [0.1, 0.15) is 5.75 Å². The molecule has 1 N–H and O–H groups in total. The number of aryl methyl sites for hydroxylation is 1. The van der Waals surface area contributed by atoms with Crippen molar-refractivity contribution < 1.29 is 4.74 Å². The molecule has 1 aromatic heterocycles. The summed E-state index contributed by atoms with van der Waals surface area (Å²) in [5, 5.41) is 8.12. The molecule has 4 nitrogen and oxygen atoms in total. The lowest BCUT2D eigenvalue weighted by molar-refractivity contribution is 0.416. The van der Waals surface area contributed by atoms with Gasteiger partial charge in [-0.15, -0.1) is 0 Å². The van der Waals surface area contributed by atoms with Crippen molar-refractivity contribution in [2.45, 2.75) is 6.54 Å². The first-order chi connectivity index (χ1) is 8.67. The molecule has 0 radical (unpaired) electrons. The predicted octanol–water partition coefficient (Wildman–Crippen LogP) is 2.47. The van der Waals surface area contributed by atoms with Crippen LogP contribution in [0.5, 0.6) is 5.75 Å². The van der Waals surface area contributed by atoms with Crippen molar-refractivity contribution in [3.63, 3.8) is 0 Å². The monoisotopic (exact) mass is 265 g/mol. The molecule has 0 unspecified atom stereocenters. The van der Waals surface area contributed by atoms with Crippen LogP contribution in [0.15, 0.2) is 24.4 Å². The van der Waals surface area contributed by atoms with E-state index in [1.165, 1.54) is 0 Å². The Bertz CT molecular complexity index is 551. The summed E-state index contributed by atoms with van der Waals surface area (Å²) in [5.74, 6) is 0.796. The topological polar surface area (TPSA) is 39.1 Å². The van der Waals surface area contributed by atoms with Crippen LogP contribution in [0.1, 0.15) is 5.69 Å². The number of aromatic nitrogens is 2. The second-order valence-electron chi connectivity index (χ2n) is 4.00. The first-order valence-corrected chi connectivity index (χ1v) is 6.04. The minimum absolute atomic E-state index is 0.685. The Morgan fingerprint density at radius 1 is 1.39 bits per heavy atom. The third-order valence-electron chi connectivity index (χ3n) is 2.86. The van der Waals surface area contributed by atoms with Crippen molar-refractivity contribution in [1.82, 2.24) is 15.1 Å². The van der Waals surface area contributed by atoms with Crippen molar-refractivity contribution >= 4 is 11.6 Å². The molecule has 0 fully saturated rings. The molecule has 0 bridgehead atoms. The van der Waals surface area contributed by atoms with Gasteiger partial charge in [-0.05, 0) is 25.2 Å². The molecule has 1 heterocycles. The molecule has 0 spiro atoms. The third-order valence-corrected chi connectivity index (χ3v) is 3.09. The molecule has 0 saturated heterocycles. The molecule has 1 aromatic carbocycles. The van der Waals surface area contributed by atoms with E-state index in [9.17, 15) is 0 Å². The summed E-state index contributed by atoms with van der Waals surface area (Å²) in [6.07, 6.45) is 1.83. The molecule has 96 valence electrons. The number of hydrogen-bond acceptors (Lipinski definition) is 3. The lowest BCUT2D eigenvalue weighted by Crippen LogP contribution is -2.10.